The minimum atomic E-state index is -3.73. The summed E-state index contributed by atoms with van der Waals surface area (Å²) < 4.78 is 27.4. The van der Waals surface area contributed by atoms with Gasteiger partial charge in [0.05, 0.1) is 10.6 Å². The first-order chi connectivity index (χ1) is 12.4. The Labute approximate surface area is 150 Å². The van der Waals surface area contributed by atoms with Crippen LogP contribution in [-0.2, 0) is 14.9 Å². The van der Waals surface area contributed by atoms with E-state index in [0.717, 1.165) is 0 Å². The molecule has 1 aliphatic rings. The first-order valence-corrected chi connectivity index (χ1v) is 9.48. The molecule has 1 saturated heterocycles. The van der Waals surface area contributed by atoms with E-state index in [9.17, 15) is 13.2 Å². The van der Waals surface area contributed by atoms with Gasteiger partial charge in [0.2, 0.25) is 10.0 Å². The van der Waals surface area contributed by atoms with E-state index in [4.69, 9.17) is 4.84 Å². The van der Waals surface area contributed by atoms with Crippen LogP contribution in [0.2, 0.25) is 0 Å². The summed E-state index contributed by atoms with van der Waals surface area (Å²) in [4.78, 5) is 19.4. The maximum Gasteiger partial charge on any atom is 0.275 e. The largest absolute Gasteiger partial charge is 0.327 e. The lowest BCUT2D eigenvalue weighted by Gasteiger charge is -2.16. The Balaban J connectivity index is 1.72. The van der Waals surface area contributed by atoms with Gasteiger partial charge in [-0.1, -0.05) is 6.92 Å². The summed E-state index contributed by atoms with van der Waals surface area (Å²) in [6.07, 6.45) is 0.860. The molecule has 2 heterocycles. The van der Waals surface area contributed by atoms with Gasteiger partial charge in [0.1, 0.15) is 6.23 Å². The molecule has 3 rings (SSSR count). The highest BCUT2D eigenvalue weighted by molar-refractivity contribution is 7.89. The van der Waals surface area contributed by atoms with E-state index in [-0.39, 0.29) is 28.1 Å². The summed E-state index contributed by atoms with van der Waals surface area (Å²) in [6, 6.07) is 9.07. The molecule has 26 heavy (non-hydrogen) atoms. The molecule has 9 nitrogen and oxygen atoms in total. The zero-order chi connectivity index (χ0) is 18.7. The van der Waals surface area contributed by atoms with Gasteiger partial charge < -0.3 is 4.98 Å². The minimum absolute atomic E-state index is 0.0122. The highest BCUT2D eigenvalue weighted by Gasteiger charge is 2.34. The second-order valence-electron chi connectivity index (χ2n) is 6.00. The maximum atomic E-state index is 12.5. The second kappa shape index (κ2) is 7.46. The average molecular weight is 377 g/mol. The number of pyridine rings is 1. The van der Waals surface area contributed by atoms with E-state index in [1.54, 1.807) is 6.07 Å². The van der Waals surface area contributed by atoms with Crippen molar-refractivity contribution in [3.63, 3.8) is 0 Å². The number of nitrogens with zero attached hydrogens (tertiary/aromatic N) is 2. The van der Waals surface area contributed by atoms with Crippen molar-refractivity contribution in [2.24, 2.45) is 16.1 Å². The van der Waals surface area contributed by atoms with Crippen molar-refractivity contribution >= 4 is 21.4 Å². The number of H-pyrrole nitrogens is 1. The van der Waals surface area contributed by atoms with Gasteiger partial charge in [-0.25, -0.2) is 8.42 Å². The Morgan fingerprint density at radius 2 is 1.85 bits per heavy atom. The molecular weight excluding hydrogens is 358 g/mol. The van der Waals surface area contributed by atoms with E-state index in [2.05, 4.69) is 25.4 Å². The summed E-state index contributed by atoms with van der Waals surface area (Å²) >= 11 is 0. The van der Waals surface area contributed by atoms with Crippen LogP contribution in [0, 0.1) is 5.92 Å². The van der Waals surface area contributed by atoms with Crippen molar-refractivity contribution in [3.8, 4) is 0 Å². The molecule has 0 radical (unpaired) electrons. The lowest BCUT2D eigenvalue weighted by molar-refractivity contribution is 0.0148. The van der Waals surface area contributed by atoms with Crippen LogP contribution in [0.3, 0.4) is 0 Å². The van der Waals surface area contributed by atoms with E-state index < -0.39 is 16.3 Å². The zero-order valence-corrected chi connectivity index (χ0v) is 15.0. The SMILES string of the molecule is CC1NOC(NS(=O)(=O)c2ccc(N=Nc3ccc[nH]c3=O)cc2)C1C. The molecule has 3 N–H and O–H groups in total. The van der Waals surface area contributed by atoms with Crippen LogP contribution in [0.25, 0.3) is 0 Å². The normalized spacial score (nSPS) is 23.5. The summed E-state index contributed by atoms with van der Waals surface area (Å²) in [5.74, 6) is -0.0122. The third-order valence-electron chi connectivity index (χ3n) is 4.14. The molecule has 0 amide bonds. The summed E-state index contributed by atoms with van der Waals surface area (Å²) in [5.41, 5.74) is 2.99. The number of nitrogens with one attached hydrogen (secondary N) is 3. The van der Waals surface area contributed by atoms with Crippen LogP contribution < -0.4 is 15.8 Å². The van der Waals surface area contributed by atoms with Crippen molar-refractivity contribution in [1.29, 1.82) is 0 Å². The molecule has 10 heteroatoms. The molecule has 0 saturated carbocycles. The van der Waals surface area contributed by atoms with Crippen molar-refractivity contribution in [1.82, 2.24) is 15.2 Å². The summed E-state index contributed by atoms with van der Waals surface area (Å²) in [6.45, 7) is 3.81. The average Bonchev–Trinajstić information content (AvgIpc) is 2.93. The summed E-state index contributed by atoms with van der Waals surface area (Å²) in [5, 5.41) is 7.80. The third-order valence-corrected chi connectivity index (χ3v) is 5.57. The molecule has 1 aromatic carbocycles. The highest BCUT2D eigenvalue weighted by atomic mass is 32.2. The lowest BCUT2D eigenvalue weighted by atomic mass is 10.1. The van der Waals surface area contributed by atoms with Crippen molar-refractivity contribution in [2.45, 2.75) is 31.0 Å². The smallest absolute Gasteiger partial charge is 0.275 e. The van der Waals surface area contributed by atoms with Crippen molar-refractivity contribution in [2.75, 3.05) is 0 Å². The number of hydrogen-bond acceptors (Lipinski definition) is 7. The molecule has 1 aliphatic heterocycles. The maximum absolute atomic E-state index is 12.5. The Bertz CT molecular complexity index is 955. The van der Waals surface area contributed by atoms with E-state index in [1.807, 2.05) is 13.8 Å². The molecule has 1 fully saturated rings. The number of hydrogen-bond donors (Lipinski definition) is 3. The zero-order valence-electron chi connectivity index (χ0n) is 14.2. The van der Waals surface area contributed by atoms with Gasteiger partial charge in [-0.05, 0) is 43.3 Å². The van der Waals surface area contributed by atoms with Crippen LogP contribution >= 0.6 is 0 Å². The van der Waals surface area contributed by atoms with Crippen LogP contribution in [0.4, 0.5) is 11.4 Å². The predicted molar refractivity (Wildman–Crippen MR) is 94.6 cm³/mol. The summed E-state index contributed by atoms with van der Waals surface area (Å²) in [7, 11) is -3.73. The lowest BCUT2D eigenvalue weighted by Crippen LogP contribution is -2.38. The quantitative estimate of drug-likeness (QED) is 0.687. The van der Waals surface area contributed by atoms with Gasteiger partial charge in [-0.3, -0.25) is 9.63 Å². The Morgan fingerprint density at radius 1 is 1.12 bits per heavy atom. The van der Waals surface area contributed by atoms with Crippen molar-refractivity contribution < 1.29 is 13.3 Å². The molecule has 3 atom stereocenters. The minimum Gasteiger partial charge on any atom is -0.327 e. The number of aromatic amines is 1. The van der Waals surface area contributed by atoms with E-state index >= 15 is 0 Å². The molecule has 0 aliphatic carbocycles. The Hall–Kier alpha value is -2.40. The molecular formula is C16H19N5O4S. The molecule has 1 aromatic heterocycles. The number of benzene rings is 1. The standard InChI is InChI=1S/C16H19N5O4S/c1-10-11(2)20-25-16(10)21-26(23,24)13-7-5-12(6-8-13)18-19-14-4-3-9-17-15(14)22/h3-11,16,20-21H,1-2H3,(H,17,22). The van der Waals surface area contributed by atoms with E-state index in [0.29, 0.717) is 5.69 Å². The molecule has 0 spiro atoms. The topological polar surface area (TPSA) is 125 Å². The van der Waals surface area contributed by atoms with Gasteiger partial charge in [0.15, 0.2) is 5.69 Å². The molecule has 0 bridgehead atoms. The van der Waals surface area contributed by atoms with Gasteiger partial charge in [-0.15, -0.1) is 5.11 Å². The fourth-order valence-electron chi connectivity index (χ4n) is 2.30. The predicted octanol–water partition coefficient (Wildman–Crippen LogP) is 1.95. The number of aromatic nitrogens is 1. The number of sulfonamides is 1. The van der Waals surface area contributed by atoms with Gasteiger partial charge in [0.25, 0.3) is 5.56 Å². The number of rotatable bonds is 5. The molecule has 3 unspecified atom stereocenters. The number of azo groups is 1. The third kappa shape index (κ3) is 4.05. The van der Waals surface area contributed by atoms with Crippen LogP contribution in [0.5, 0.6) is 0 Å². The Kier molecular flexibility index (Phi) is 5.28. The van der Waals surface area contributed by atoms with Crippen LogP contribution in [0.1, 0.15) is 13.8 Å². The first-order valence-electron chi connectivity index (χ1n) is 8.00. The monoisotopic (exact) mass is 377 g/mol. The van der Waals surface area contributed by atoms with Gasteiger partial charge in [0, 0.05) is 18.2 Å². The molecule has 138 valence electrons. The van der Waals surface area contributed by atoms with Gasteiger partial charge in [-0.2, -0.15) is 15.3 Å². The molecule has 2 aromatic rings. The van der Waals surface area contributed by atoms with Crippen molar-refractivity contribution in [3.05, 3.63) is 52.9 Å². The number of hydroxylamine groups is 1. The van der Waals surface area contributed by atoms with E-state index in [1.165, 1.54) is 36.5 Å². The fourth-order valence-corrected chi connectivity index (χ4v) is 3.50. The van der Waals surface area contributed by atoms with Crippen LogP contribution in [-0.4, -0.2) is 25.7 Å². The highest BCUT2D eigenvalue weighted by Crippen LogP contribution is 2.21. The van der Waals surface area contributed by atoms with Gasteiger partial charge >= 0.3 is 0 Å². The van der Waals surface area contributed by atoms with Crippen LogP contribution in [0.15, 0.2) is 62.5 Å². The first kappa shape index (κ1) is 18.4. The Morgan fingerprint density at radius 3 is 2.46 bits per heavy atom. The fraction of sp³-hybridized carbons (Fsp3) is 0.312. The second-order valence-corrected chi connectivity index (χ2v) is 7.72.